The van der Waals surface area contributed by atoms with Crippen molar-refractivity contribution in [3.8, 4) is 0 Å². The molecule has 1 N–H and O–H groups in total. The monoisotopic (exact) mass is 315 g/mol. The molecule has 2 amide bonds. The second kappa shape index (κ2) is 6.40. The number of rotatable bonds is 2. The molecule has 3 aliphatic heterocycles. The summed E-state index contributed by atoms with van der Waals surface area (Å²) in [6.45, 7) is 4.61. The van der Waals surface area contributed by atoms with Crippen LogP contribution in [-0.2, 0) is 11.2 Å². The molecule has 5 heteroatoms. The Morgan fingerprint density at radius 1 is 1.13 bits per heavy atom. The summed E-state index contributed by atoms with van der Waals surface area (Å²) in [6.07, 6.45) is 5.37. The molecule has 0 aromatic heterocycles. The predicted molar refractivity (Wildman–Crippen MR) is 91.3 cm³/mol. The standard InChI is InChI=1S/C18H25N3O2/c22-18(19-15-6-11-23-12-7-15)21-10-5-14-13-16(3-4-17(14)21)20-8-1-2-9-20/h3-4,13,15H,1-2,5-12H2,(H,19,22). The third-order valence-electron chi connectivity index (χ3n) is 5.22. The quantitative estimate of drug-likeness (QED) is 0.912. The molecule has 2 fully saturated rings. The number of urea groups is 1. The van der Waals surface area contributed by atoms with Gasteiger partial charge in [0.15, 0.2) is 0 Å². The molecule has 0 radical (unpaired) electrons. The lowest BCUT2D eigenvalue weighted by Crippen LogP contribution is -2.46. The highest BCUT2D eigenvalue weighted by atomic mass is 16.5. The van der Waals surface area contributed by atoms with E-state index in [1.165, 1.54) is 24.1 Å². The SMILES string of the molecule is O=C(NC1CCOCC1)N1CCc2cc(N3CCCC3)ccc21. The third-order valence-corrected chi connectivity index (χ3v) is 5.22. The van der Waals surface area contributed by atoms with E-state index in [0.29, 0.717) is 0 Å². The van der Waals surface area contributed by atoms with Crippen LogP contribution in [0.5, 0.6) is 0 Å². The van der Waals surface area contributed by atoms with E-state index in [9.17, 15) is 4.79 Å². The van der Waals surface area contributed by atoms with Gasteiger partial charge in [0.1, 0.15) is 0 Å². The van der Waals surface area contributed by atoms with E-state index in [1.807, 2.05) is 4.90 Å². The fourth-order valence-electron chi connectivity index (χ4n) is 3.87. The van der Waals surface area contributed by atoms with Gasteiger partial charge in [-0.2, -0.15) is 0 Å². The lowest BCUT2D eigenvalue weighted by Gasteiger charge is -2.26. The maximum absolute atomic E-state index is 12.6. The van der Waals surface area contributed by atoms with E-state index in [4.69, 9.17) is 4.74 Å². The van der Waals surface area contributed by atoms with Crippen LogP contribution >= 0.6 is 0 Å². The summed E-state index contributed by atoms with van der Waals surface area (Å²) in [6, 6.07) is 6.88. The minimum Gasteiger partial charge on any atom is -0.381 e. The summed E-state index contributed by atoms with van der Waals surface area (Å²) < 4.78 is 5.36. The van der Waals surface area contributed by atoms with Crippen molar-refractivity contribution in [1.29, 1.82) is 0 Å². The highest BCUT2D eigenvalue weighted by Crippen LogP contribution is 2.33. The molecule has 0 saturated carbocycles. The van der Waals surface area contributed by atoms with Gasteiger partial charge in [0, 0.05) is 50.3 Å². The Bertz CT molecular complexity index is 578. The van der Waals surface area contributed by atoms with Crippen LogP contribution in [0, 0.1) is 0 Å². The number of carbonyl (C=O) groups is 1. The highest BCUT2D eigenvalue weighted by Gasteiger charge is 2.27. The van der Waals surface area contributed by atoms with Gasteiger partial charge < -0.3 is 15.0 Å². The maximum Gasteiger partial charge on any atom is 0.322 e. The van der Waals surface area contributed by atoms with Crippen molar-refractivity contribution in [3.05, 3.63) is 23.8 Å². The van der Waals surface area contributed by atoms with Gasteiger partial charge in [0.2, 0.25) is 0 Å². The summed E-state index contributed by atoms with van der Waals surface area (Å²) in [5.74, 6) is 0. The van der Waals surface area contributed by atoms with Gasteiger partial charge in [-0.3, -0.25) is 4.90 Å². The number of amides is 2. The van der Waals surface area contributed by atoms with Crippen LogP contribution in [0.4, 0.5) is 16.2 Å². The minimum absolute atomic E-state index is 0.0459. The molecule has 0 unspecified atom stereocenters. The van der Waals surface area contributed by atoms with E-state index in [-0.39, 0.29) is 12.1 Å². The molecule has 0 aliphatic carbocycles. The van der Waals surface area contributed by atoms with E-state index < -0.39 is 0 Å². The first-order valence-corrected chi connectivity index (χ1v) is 8.85. The average molecular weight is 315 g/mol. The Labute approximate surface area is 137 Å². The van der Waals surface area contributed by atoms with Crippen LogP contribution in [-0.4, -0.2) is 44.9 Å². The number of ether oxygens (including phenoxy) is 1. The molecule has 0 bridgehead atoms. The number of carbonyl (C=O) groups excluding carboxylic acids is 1. The molecule has 2 saturated heterocycles. The molecule has 0 spiro atoms. The van der Waals surface area contributed by atoms with Gasteiger partial charge >= 0.3 is 6.03 Å². The van der Waals surface area contributed by atoms with Crippen LogP contribution in [0.3, 0.4) is 0 Å². The number of hydrogen-bond donors (Lipinski definition) is 1. The normalized spacial score (nSPS) is 21.6. The maximum atomic E-state index is 12.6. The van der Waals surface area contributed by atoms with Gasteiger partial charge in [-0.1, -0.05) is 0 Å². The molecule has 0 atom stereocenters. The van der Waals surface area contributed by atoms with Crippen molar-refractivity contribution in [3.63, 3.8) is 0 Å². The molecule has 23 heavy (non-hydrogen) atoms. The van der Waals surface area contributed by atoms with E-state index >= 15 is 0 Å². The largest absolute Gasteiger partial charge is 0.381 e. The van der Waals surface area contributed by atoms with Crippen LogP contribution in [0.25, 0.3) is 0 Å². The van der Waals surface area contributed by atoms with Gasteiger partial charge in [-0.25, -0.2) is 4.79 Å². The fourth-order valence-corrected chi connectivity index (χ4v) is 3.87. The van der Waals surface area contributed by atoms with Crippen LogP contribution in [0.2, 0.25) is 0 Å². The van der Waals surface area contributed by atoms with Crippen LogP contribution in [0.1, 0.15) is 31.2 Å². The van der Waals surface area contributed by atoms with Gasteiger partial charge in [-0.15, -0.1) is 0 Å². The van der Waals surface area contributed by atoms with Crippen LogP contribution < -0.4 is 15.1 Å². The zero-order valence-corrected chi connectivity index (χ0v) is 13.6. The molecular formula is C18H25N3O2. The zero-order chi connectivity index (χ0) is 15.6. The predicted octanol–water partition coefficient (Wildman–Crippen LogP) is 2.54. The Morgan fingerprint density at radius 3 is 2.70 bits per heavy atom. The first-order valence-electron chi connectivity index (χ1n) is 8.85. The molecule has 124 valence electrons. The third kappa shape index (κ3) is 3.02. The van der Waals surface area contributed by atoms with Crippen molar-refractivity contribution in [1.82, 2.24) is 5.32 Å². The number of anilines is 2. The summed E-state index contributed by atoms with van der Waals surface area (Å²) in [5.41, 5.74) is 3.70. The molecule has 1 aromatic rings. The minimum atomic E-state index is 0.0459. The Hall–Kier alpha value is -1.75. The molecule has 1 aromatic carbocycles. The van der Waals surface area contributed by atoms with E-state index in [1.54, 1.807) is 0 Å². The zero-order valence-electron chi connectivity index (χ0n) is 13.6. The van der Waals surface area contributed by atoms with Gasteiger partial charge in [-0.05, 0) is 55.9 Å². The second-order valence-corrected chi connectivity index (χ2v) is 6.74. The molecule has 3 heterocycles. The van der Waals surface area contributed by atoms with E-state index in [2.05, 4.69) is 28.4 Å². The topological polar surface area (TPSA) is 44.8 Å². The average Bonchev–Trinajstić information content (AvgIpc) is 3.25. The number of hydrogen-bond acceptors (Lipinski definition) is 3. The Balaban J connectivity index is 1.45. The van der Waals surface area contributed by atoms with Crippen molar-refractivity contribution in [2.75, 3.05) is 42.6 Å². The van der Waals surface area contributed by atoms with Crippen LogP contribution in [0.15, 0.2) is 18.2 Å². The lowest BCUT2D eigenvalue weighted by atomic mass is 10.1. The molecule has 5 nitrogen and oxygen atoms in total. The number of benzene rings is 1. The summed E-state index contributed by atoms with van der Waals surface area (Å²) >= 11 is 0. The first-order chi connectivity index (χ1) is 11.3. The Morgan fingerprint density at radius 2 is 1.91 bits per heavy atom. The van der Waals surface area contributed by atoms with Crippen molar-refractivity contribution in [2.24, 2.45) is 0 Å². The van der Waals surface area contributed by atoms with Crippen molar-refractivity contribution < 1.29 is 9.53 Å². The van der Waals surface area contributed by atoms with Gasteiger partial charge in [0.25, 0.3) is 0 Å². The number of nitrogens with zero attached hydrogens (tertiary/aromatic N) is 2. The van der Waals surface area contributed by atoms with Crippen molar-refractivity contribution in [2.45, 2.75) is 38.1 Å². The summed E-state index contributed by atoms with van der Waals surface area (Å²) in [5, 5.41) is 3.17. The first kappa shape index (κ1) is 14.8. The summed E-state index contributed by atoms with van der Waals surface area (Å²) in [4.78, 5) is 16.9. The number of fused-ring (bicyclic) bond motifs is 1. The van der Waals surface area contributed by atoms with Gasteiger partial charge in [0.05, 0.1) is 0 Å². The molecule has 4 rings (SSSR count). The Kier molecular flexibility index (Phi) is 4.12. The lowest BCUT2D eigenvalue weighted by molar-refractivity contribution is 0.0804. The van der Waals surface area contributed by atoms with Crippen molar-refractivity contribution >= 4 is 17.4 Å². The fraction of sp³-hybridized carbons (Fsp3) is 0.611. The highest BCUT2D eigenvalue weighted by molar-refractivity contribution is 5.94. The van der Waals surface area contributed by atoms with E-state index in [0.717, 1.165) is 57.8 Å². The smallest absolute Gasteiger partial charge is 0.322 e. The second-order valence-electron chi connectivity index (χ2n) is 6.74. The number of nitrogens with one attached hydrogen (secondary N) is 1. The molecule has 3 aliphatic rings. The summed E-state index contributed by atoms with van der Waals surface area (Å²) in [7, 11) is 0. The molecular weight excluding hydrogens is 290 g/mol.